The quantitative estimate of drug-likeness (QED) is 0.430. The second-order valence-corrected chi connectivity index (χ2v) is 7.52. The van der Waals surface area contributed by atoms with Crippen molar-refractivity contribution in [2.45, 2.75) is 20.8 Å². The van der Waals surface area contributed by atoms with E-state index in [1.54, 1.807) is 6.08 Å². The van der Waals surface area contributed by atoms with Gasteiger partial charge in [0.2, 0.25) is 5.91 Å². The molecule has 0 unspecified atom stereocenters. The van der Waals surface area contributed by atoms with Gasteiger partial charge in [-0.1, -0.05) is 30.3 Å². The number of nitriles is 1. The summed E-state index contributed by atoms with van der Waals surface area (Å²) in [5.41, 5.74) is 4.02. The van der Waals surface area contributed by atoms with E-state index < -0.39 is 0 Å². The highest BCUT2D eigenvalue weighted by atomic mass is 16.5. The van der Waals surface area contributed by atoms with E-state index in [9.17, 15) is 10.1 Å². The van der Waals surface area contributed by atoms with Gasteiger partial charge in [0.1, 0.15) is 17.4 Å². The van der Waals surface area contributed by atoms with E-state index in [1.807, 2.05) is 69.3 Å². The van der Waals surface area contributed by atoms with Crippen LogP contribution >= 0.6 is 0 Å². The van der Waals surface area contributed by atoms with Gasteiger partial charge in [0.05, 0.1) is 18.3 Å². The molecule has 7 nitrogen and oxygen atoms in total. The molecule has 7 heteroatoms. The molecule has 4 rings (SSSR count). The SMILES string of the molecule is CCOc1ccc(/C=C/C(=O)Nc2c(C#N)cnn2-c2cc(C)c3cccc(C)c3n2)cc1. The smallest absolute Gasteiger partial charge is 0.249 e. The van der Waals surface area contributed by atoms with Crippen molar-refractivity contribution in [3.63, 3.8) is 0 Å². The number of nitrogens with one attached hydrogen (secondary N) is 1. The molecule has 0 aliphatic heterocycles. The first-order valence-corrected chi connectivity index (χ1v) is 10.6. The van der Waals surface area contributed by atoms with Crippen LogP contribution in [0.25, 0.3) is 22.8 Å². The van der Waals surface area contributed by atoms with Crippen LogP contribution in [0.15, 0.2) is 60.8 Å². The summed E-state index contributed by atoms with van der Waals surface area (Å²) in [5, 5.41) is 17.7. The Kier molecular flexibility index (Phi) is 6.18. The summed E-state index contributed by atoms with van der Waals surface area (Å²) in [6.07, 6.45) is 4.53. The molecule has 0 aliphatic carbocycles. The summed E-state index contributed by atoms with van der Waals surface area (Å²) in [7, 11) is 0. The maximum atomic E-state index is 12.6. The molecular weight excluding hydrogens is 414 g/mol. The van der Waals surface area contributed by atoms with Crippen molar-refractivity contribution < 1.29 is 9.53 Å². The lowest BCUT2D eigenvalue weighted by Crippen LogP contribution is -2.14. The van der Waals surface area contributed by atoms with Crippen molar-refractivity contribution in [2.75, 3.05) is 11.9 Å². The summed E-state index contributed by atoms with van der Waals surface area (Å²) < 4.78 is 6.92. The minimum Gasteiger partial charge on any atom is -0.494 e. The number of aromatic nitrogens is 3. The zero-order valence-corrected chi connectivity index (χ0v) is 18.7. The average Bonchev–Trinajstić information content (AvgIpc) is 3.22. The van der Waals surface area contributed by atoms with Gasteiger partial charge < -0.3 is 10.1 Å². The largest absolute Gasteiger partial charge is 0.494 e. The molecule has 0 radical (unpaired) electrons. The van der Waals surface area contributed by atoms with Crippen LogP contribution < -0.4 is 10.1 Å². The second kappa shape index (κ2) is 9.37. The summed E-state index contributed by atoms with van der Waals surface area (Å²) in [5.74, 6) is 1.20. The van der Waals surface area contributed by atoms with Crippen LogP contribution in [0.5, 0.6) is 5.75 Å². The number of aryl methyl sites for hydroxylation is 2. The van der Waals surface area contributed by atoms with Gasteiger partial charge in [-0.3, -0.25) is 4.79 Å². The van der Waals surface area contributed by atoms with Crippen LogP contribution in [-0.2, 0) is 4.79 Å². The summed E-state index contributed by atoms with van der Waals surface area (Å²) in [6, 6.07) is 17.4. The molecule has 0 aliphatic rings. The predicted octanol–water partition coefficient (Wildman–Crippen LogP) is 4.96. The minimum absolute atomic E-state index is 0.252. The van der Waals surface area contributed by atoms with E-state index in [4.69, 9.17) is 9.72 Å². The fourth-order valence-electron chi connectivity index (χ4n) is 3.55. The maximum absolute atomic E-state index is 12.6. The van der Waals surface area contributed by atoms with E-state index >= 15 is 0 Å². The molecule has 2 aromatic heterocycles. The van der Waals surface area contributed by atoms with E-state index in [2.05, 4.69) is 16.5 Å². The van der Waals surface area contributed by atoms with Gasteiger partial charge in [-0.2, -0.15) is 15.0 Å². The van der Waals surface area contributed by atoms with Crippen LogP contribution in [-0.4, -0.2) is 27.3 Å². The van der Waals surface area contributed by atoms with E-state index in [0.29, 0.717) is 12.4 Å². The second-order valence-electron chi connectivity index (χ2n) is 7.52. The topological polar surface area (TPSA) is 92.8 Å². The van der Waals surface area contributed by atoms with Crippen LogP contribution in [0.3, 0.4) is 0 Å². The Morgan fingerprint density at radius 2 is 1.97 bits per heavy atom. The van der Waals surface area contributed by atoms with Crippen molar-refractivity contribution in [1.29, 1.82) is 5.26 Å². The Labute approximate surface area is 192 Å². The third kappa shape index (κ3) is 4.60. The van der Waals surface area contributed by atoms with Gasteiger partial charge in [0, 0.05) is 11.5 Å². The molecule has 0 fully saturated rings. The first-order chi connectivity index (χ1) is 16.0. The normalized spacial score (nSPS) is 11.0. The number of carbonyl (C=O) groups is 1. The van der Waals surface area contributed by atoms with Gasteiger partial charge in [-0.05, 0) is 61.7 Å². The van der Waals surface area contributed by atoms with Crippen LogP contribution in [0.1, 0.15) is 29.2 Å². The molecule has 0 bridgehead atoms. The molecule has 164 valence electrons. The van der Waals surface area contributed by atoms with E-state index in [-0.39, 0.29) is 17.3 Å². The molecule has 4 aromatic rings. The molecule has 2 aromatic carbocycles. The fraction of sp³-hybridized carbons (Fsp3) is 0.154. The highest BCUT2D eigenvalue weighted by Gasteiger charge is 2.16. The first kappa shape index (κ1) is 21.8. The number of fused-ring (bicyclic) bond motifs is 1. The molecule has 1 amide bonds. The summed E-state index contributed by atoms with van der Waals surface area (Å²) in [4.78, 5) is 17.4. The molecule has 0 saturated carbocycles. The lowest BCUT2D eigenvalue weighted by Gasteiger charge is -2.11. The molecule has 1 N–H and O–H groups in total. The number of pyridine rings is 1. The number of hydrogen-bond donors (Lipinski definition) is 1. The Morgan fingerprint density at radius 3 is 2.70 bits per heavy atom. The maximum Gasteiger partial charge on any atom is 0.249 e. The number of hydrogen-bond acceptors (Lipinski definition) is 5. The summed E-state index contributed by atoms with van der Waals surface area (Å²) in [6.45, 7) is 6.52. The first-order valence-electron chi connectivity index (χ1n) is 10.6. The lowest BCUT2D eigenvalue weighted by molar-refractivity contribution is -0.111. The van der Waals surface area contributed by atoms with Crippen molar-refractivity contribution in [1.82, 2.24) is 14.8 Å². The Morgan fingerprint density at radius 1 is 1.18 bits per heavy atom. The number of carbonyl (C=O) groups excluding carboxylic acids is 1. The fourth-order valence-corrected chi connectivity index (χ4v) is 3.55. The van der Waals surface area contributed by atoms with Gasteiger partial charge in [-0.15, -0.1) is 0 Å². The van der Waals surface area contributed by atoms with Crippen molar-refractivity contribution >= 4 is 28.7 Å². The number of ether oxygens (including phenoxy) is 1. The number of benzene rings is 2. The van der Waals surface area contributed by atoms with Crippen molar-refractivity contribution in [2.24, 2.45) is 0 Å². The standard InChI is InChI=1S/C26H23N5O2/c1-4-33-21-11-8-19(9-12-21)10-13-24(32)30-26-20(15-27)16-28-31(26)23-14-18(3)22-7-5-6-17(2)25(22)29-23/h5-14,16H,4H2,1-3H3,(H,30,32)/b13-10+. The molecule has 33 heavy (non-hydrogen) atoms. The monoisotopic (exact) mass is 437 g/mol. The van der Waals surface area contributed by atoms with Crippen molar-refractivity contribution in [3.8, 4) is 17.6 Å². The predicted molar refractivity (Wildman–Crippen MR) is 128 cm³/mol. The third-order valence-corrected chi connectivity index (χ3v) is 5.20. The average molecular weight is 438 g/mol. The zero-order chi connectivity index (χ0) is 23.4. The number of para-hydroxylation sites is 1. The Bertz CT molecular complexity index is 1390. The van der Waals surface area contributed by atoms with Crippen LogP contribution in [0.2, 0.25) is 0 Å². The number of amides is 1. The number of anilines is 1. The van der Waals surface area contributed by atoms with Gasteiger partial charge in [0.25, 0.3) is 0 Å². The van der Waals surface area contributed by atoms with Crippen LogP contribution in [0, 0.1) is 25.2 Å². The zero-order valence-electron chi connectivity index (χ0n) is 18.7. The Hall–Kier alpha value is -4.44. The lowest BCUT2D eigenvalue weighted by atomic mass is 10.1. The third-order valence-electron chi connectivity index (χ3n) is 5.20. The van der Waals surface area contributed by atoms with Crippen molar-refractivity contribution in [3.05, 3.63) is 83.1 Å². The Balaban J connectivity index is 1.63. The van der Waals surface area contributed by atoms with Crippen LogP contribution in [0.4, 0.5) is 5.82 Å². The number of nitrogens with zero attached hydrogens (tertiary/aromatic N) is 4. The van der Waals surface area contributed by atoms with Gasteiger partial charge in [0.15, 0.2) is 11.6 Å². The molecular formula is C26H23N5O2. The molecule has 0 saturated heterocycles. The molecule has 0 spiro atoms. The number of rotatable bonds is 6. The van der Waals surface area contributed by atoms with E-state index in [1.165, 1.54) is 17.0 Å². The highest BCUT2D eigenvalue weighted by Crippen LogP contribution is 2.25. The summed E-state index contributed by atoms with van der Waals surface area (Å²) >= 11 is 0. The van der Waals surface area contributed by atoms with Gasteiger partial charge >= 0.3 is 0 Å². The highest BCUT2D eigenvalue weighted by molar-refractivity contribution is 6.02. The molecule has 0 atom stereocenters. The van der Waals surface area contributed by atoms with E-state index in [0.717, 1.165) is 33.3 Å². The minimum atomic E-state index is -0.379. The van der Waals surface area contributed by atoms with Gasteiger partial charge in [-0.25, -0.2) is 4.98 Å². The molecule has 2 heterocycles.